The molecule has 2 heterocycles. The summed E-state index contributed by atoms with van der Waals surface area (Å²) in [6.07, 6.45) is 1.46. The topological polar surface area (TPSA) is 71.5 Å². The van der Waals surface area contributed by atoms with Crippen LogP contribution in [0.1, 0.15) is 53.9 Å². The number of benzene rings is 1. The highest BCUT2D eigenvalue weighted by Crippen LogP contribution is 2.36. The van der Waals surface area contributed by atoms with Crippen molar-refractivity contribution in [2.45, 2.75) is 66.4 Å². The van der Waals surface area contributed by atoms with Crippen LogP contribution in [0.3, 0.4) is 0 Å². The first-order chi connectivity index (χ1) is 13.5. The van der Waals surface area contributed by atoms with Gasteiger partial charge in [0.2, 0.25) is 5.91 Å². The highest BCUT2D eigenvalue weighted by atomic mass is 32.1. The fraction of sp³-hybridized carbons (Fsp3) is 0.500. The lowest BCUT2D eigenvalue weighted by Gasteiger charge is -2.32. The Morgan fingerprint density at radius 1 is 1.24 bits per heavy atom. The van der Waals surface area contributed by atoms with Crippen LogP contribution in [0.25, 0.3) is 0 Å². The molecule has 0 unspecified atom stereocenters. The lowest BCUT2D eigenvalue weighted by molar-refractivity contribution is -0.118. The minimum atomic E-state index is -0.569. The molecule has 1 aliphatic rings. The highest BCUT2D eigenvalue weighted by Gasteiger charge is 2.28. The number of hydrogen-bond acceptors (Lipinski definition) is 5. The predicted molar refractivity (Wildman–Crippen MR) is 117 cm³/mol. The zero-order chi connectivity index (χ0) is 21.3. The summed E-state index contributed by atoms with van der Waals surface area (Å²) in [6.45, 7) is 12.1. The van der Waals surface area contributed by atoms with E-state index in [1.165, 1.54) is 0 Å². The van der Waals surface area contributed by atoms with Crippen LogP contribution in [-0.4, -0.2) is 29.1 Å². The van der Waals surface area contributed by atoms with Gasteiger partial charge in [-0.2, -0.15) is 0 Å². The van der Waals surface area contributed by atoms with E-state index in [-0.39, 0.29) is 5.91 Å². The maximum Gasteiger partial charge on any atom is 0.412 e. The van der Waals surface area contributed by atoms with Gasteiger partial charge >= 0.3 is 6.09 Å². The lowest BCUT2D eigenvalue weighted by atomic mass is 9.95. The van der Waals surface area contributed by atoms with Crippen molar-refractivity contribution in [1.29, 1.82) is 0 Å². The van der Waals surface area contributed by atoms with E-state index in [0.29, 0.717) is 18.7 Å². The third kappa shape index (κ3) is 4.96. The molecular weight excluding hydrogens is 386 g/mol. The standard InChI is InChI=1S/C22H29N3O3S/c1-13-9-10-17(24-21(27)28-22(4,5)6)16-8-7-11-25(20(13)16)19(26)12-18-14(2)29-15(3)23-18/h9-10H,7-8,11-12H2,1-6H3,(H,24,27). The Balaban J connectivity index is 1.87. The molecule has 1 N–H and O–H groups in total. The van der Waals surface area contributed by atoms with E-state index in [4.69, 9.17) is 4.74 Å². The minimum Gasteiger partial charge on any atom is -0.444 e. The molecule has 7 heteroatoms. The van der Waals surface area contributed by atoms with E-state index in [1.807, 2.05) is 58.6 Å². The number of anilines is 2. The Bertz CT molecular complexity index is 944. The molecule has 1 aromatic heterocycles. The number of nitrogens with one attached hydrogen (secondary N) is 1. The van der Waals surface area contributed by atoms with Crippen LogP contribution < -0.4 is 10.2 Å². The Morgan fingerprint density at radius 3 is 2.59 bits per heavy atom. The van der Waals surface area contributed by atoms with Crippen molar-refractivity contribution < 1.29 is 14.3 Å². The fourth-order valence-electron chi connectivity index (χ4n) is 3.66. The smallest absolute Gasteiger partial charge is 0.412 e. The number of rotatable bonds is 3. The zero-order valence-electron chi connectivity index (χ0n) is 18.0. The average Bonchev–Trinajstić information content (AvgIpc) is 2.92. The van der Waals surface area contributed by atoms with Crippen molar-refractivity contribution in [2.24, 2.45) is 0 Å². The summed E-state index contributed by atoms with van der Waals surface area (Å²) in [5.41, 5.74) is 3.90. The molecule has 0 spiro atoms. The number of carbonyl (C=O) groups excluding carboxylic acids is 2. The van der Waals surface area contributed by atoms with Crippen molar-refractivity contribution in [2.75, 3.05) is 16.8 Å². The monoisotopic (exact) mass is 415 g/mol. The van der Waals surface area contributed by atoms with Gasteiger partial charge in [-0.05, 0) is 71.6 Å². The molecule has 1 aliphatic heterocycles. The molecule has 2 amide bonds. The van der Waals surface area contributed by atoms with Crippen LogP contribution >= 0.6 is 11.3 Å². The SMILES string of the molecule is Cc1nc(CC(=O)N2CCCc3c(NC(=O)OC(C)(C)C)ccc(C)c32)c(C)s1. The van der Waals surface area contributed by atoms with Gasteiger partial charge in [0.25, 0.3) is 0 Å². The molecule has 156 valence electrons. The summed E-state index contributed by atoms with van der Waals surface area (Å²) in [4.78, 5) is 32.9. The van der Waals surface area contributed by atoms with Crippen molar-refractivity contribution in [1.82, 2.24) is 4.98 Å². The van der Waals surface area contributed by atoms with Gasteiger partial charge in [0.15, 0.2) is 0 Å². The van der Waals surface area contributed by atoms with Gasteiger partial charge in [-0.3, -0.25) is 10.1 Å². The van der Waals surface area contributed by atoms with Crippen molar-refractivity contribution in [3.8, 4) is 0 Å². The Morgan fingerprint density at radius 2 is 1.97 bits per heavy atom. The molecule has 1 aromatic carbocycles. The molecule has 0 bridgehead atoms. The number of aryl methyl sites for hydroxylation is 3. The van der Waals surface area contributed by atoms with E-state index in [2.05, 4.69) is 10.3 Å². The average molecular weight is 416 g/mol. The fourth-order valence-corrected chi connectivity index (χ4v) is 4.50. The molecule has 0 saturated heterocycles. The number of amides is 2. The second-order valence-electron chi connectivity index (χ2n) is 8.45. The van der Waals surface area contributed by atoms with Crippen LogP contribution in [0.15, 0.2) is 12.1 Å². The third-order valence-electron chi connectivity index (χ3n) is 4.82. The van der Waals surface area contributed by atoms with Gasteiger partial charge in [-0.25, -0.2) is 9.78 Å². The van der Waals surface area contributed by atoms with Crippen LogP contribution in [0.4, 0.5) is 16.2 Å². The first kappa shape index (κ1) is 21.3. The van der Waals surface area contributed by atoms with E-state index >= 15 is 0 Å². The van der Waals surface area contributed by atoms with Gasteiger partial charge in [0, 0.05) is 17.1 Å². The maximum atomic E-state index is 13.1. The Kier molecular flexibility index (Phi) is 5.98. The number of carbonyl (C=O) groups is 2. The highest BCUT2D eigenvalue weighted by molar-refractivity contribution is 7.11. The zero-order valence-corrected chi connectivity index (χ0v) is 18.8. The molecule has 29 heavy (non-hydrogen) atoms. The normalized spacial score (nSPS) is 13.8. The van der Waals surface area contributed by atoms with Crippen molar-refractivity contribution in [3.63, 3.8) is 0 Å². The number of nitrogens with zero attached hydrogens (tertiary/aromatic N) is 2. The number of hydrogen-bond donors (Lipinski definition) is 1. The molecule has 3 rings (SSSR count). The van der Waals surface area contributed by atoms with Crippen LogP contribution in [0.5, 0.6) is 0 Å². The summed E-state index contributed by atoms with van der Waals surface area (Å²) in [5, 5.41) is 3.84. The Labute approximate surface area is 176 Å². The Hall–Kier alpha value is -2.41. The molecule has 0 radical (unpaired) electrons. The number of fused-ring (bicyclic) bond motifs is 1. The molecule has 2 aromatic rings. The molecule has 0 saturated carbocycles. The van der Waals surface area contributed by atoms with E-state index < -0.39 is 11.7 Å². The van der Waals surface area contributed by atoms with Crippen LogP contribution in [0.2, 0.25) is 0 Å². The van der Waals surface area contributed by atoms with Gasteiger partial charge in [0.05, 0.1) is 22.8 Å². The van der Waals surface area contributed by atoms with E-state index in [0.717, 1.165) is 45.2 Å². The summed E-state index contributed by atoms with van der Waals surface area (Å²) in [7, 11) is 0. The maximum absolute atomic E-state index is 13.1. The summed E-state index contributed by atoms with van der Waals surface area (Å²) < 4.78 is 5.39. The van der Waals surface area contributed by atoms with Gasteiger partial charge in [-0.1, -0.05) is 6.07 Å². The molecule has 0 fully saturated rings. The molecule has 0 atom stereocenters. The second-order valence-corrected chi connectivity index (χ2v) is 9.85. The number of aromatic nitrogens is 1. The number of thiazole rings is 1. The second kappa shape index (κ2) is 8.14. The number of ether oxygens (including phenoxy) is 1. The van der Waals surface area contributed by atoms with Gasteiger partial charge in [-0.15, -0.1) is 11.3 Å². The first-order valence-corrected chi connectivity index (χ1v) is 10.7. The van der Waals surface area contributed by atoms with Gasteiger partial charge < -0.3 is 9.64 Å². The predicted octanol–water partition coefficient (Wildman–Crippen LogP) is 4.94. The van der Waals surface area contributed by atoms with E-state index in [1.54, 1.807) is 11.3 Å². The summed E-state index contributed by atoms with van der Waals surface area (Å²) in [6, 6.07) is 3.83. The van der Waals surface area contributed by atoms with Crippen molar-refractivity contribution >= 4 is 34.7 Å². The largest absolute Gasteiger partial charge is 0.444 e. The first-order valence-electron chi connectivity index (χ1n) is 9.91. The lowest BCUT2D eigenvalue weighted by Crippen LogP contribution is -2.38. The summed E-state index contributed by atoms with van der Waals surface area (Å²) >= 11 is 1.62. The van der Waals surface area contributed by atoms with Crippen LogP contribution in [0, 0.1) is 20.8 Å². The van der Waals surface area contributed by atoms with Gasteiger partial charge in [0.1, 0.15) is 5.60 Å². The van der Waals surface area contributed by atoms with E-state index in [9.17, 15) is 9.59 Å². The third-order valence-corrected chi connectivity index (χ3v) is 5.75. The molecular formula is C22H29N3O3S. The summed E-state index contributed by atoms with van der Waals surface area (Å²) in [5.74, 6) is 0.0388. The molecule has 0 aliphatic carbocycles. The quantitative estimate of drug-likeness (QED) is 0.771. The van der Waals surface area contributed by atoms with Crippen molar-refractivity contribution in [3.05, 3.63) is 38.8 Å². The minimum absolute atomic E-state index is 0.0388. The van der Waals surface area contributed by atoms with Crippen LogP contribution in [-0.2, 0) is 22.4 Å². The molecule has 6 nitrogen and oxygen atoms in total.